The van der Waals surface area contributed by atoms with E-state index in [2.05, 4.69) is 26.3 Å². The van der Waals surface area contributed by atoms with Crippen LogP contribution in [-0.2, 0) is 14.9 Å². The number of unbranched alkanes of at least 4 members (excludes halogenated alkanes) is 9. The normalized spacial score (nSPS) is 13.5. The van der Waals surface area contributed by atoms with E-state index in [9.17, 15) is 13.2 Å². The molecule has 0 bridgehead atoms. The number of nitrogens with one attached hydrogen (secondary N) is 1. The van der Waals surface area contributed by atoms with E-state index in [0.717, 1.165) is 38.6 Å². The molecule has 0 aliphatic rings. The van der Waals surface area contributed by atoms with Crippen molar-refractivity contribution in [1.29, 1.82) is 0 Å². The largest absolute Gasteiger partial charge is 0.328 e. The molecule has 1 atom stereocenters. The number of aldehydes is 1. The van der Waals surface area contributed by atoms with Crippen LogP contribution in [-0.4, -0.2) is 69.3 Å². The van der Waals surface area contributed by atoms with Crippen LogP contribution in [0.25, 0.3) is 0 Å². The molecule has 0 amide bonds. The van der Waals surface area contributed by atoms with Gasteiger partial charge >= 0.3 is 0 Å². The Morgan fingerprint density at radius 3 is 1.90 bits per heavy atom. The van der Waals surface area contributed by atoms with Crippen LogP contribution in [0, 0.1) is 0 Å². The minimum Gasteiger partial charge on any atom is -0.328 e. The number of hydrogen-bond acceptors (Lipinski definition) is 4. The van der Waals surface area contributed by atoms with Crippen molar-refractivity contribution in [3.63, 3.8) is 0 Å². The first kappa shape index (κ1) is 28.5. The molecule has 0 aromatic rings. The van der Waals surface area contributed by atoms with E-state index < -0.39 is 10.1 Å². The molecule has 1 unspecified atom stereocenters. The van der Waals surface area contributed by atoms with Gasteiger partial charge in [-0.1, -0.05) is 64.7 Å². The Hall–Kier alpha value is -0.500. The van der Waals surface area contributed by atoms with Crippen molar-refractivity contribution < 1.29 is 22.2 Å². The van der Waals surface area contributed by atoms with E-state index in [1.54, 1.807) is 0 Å². The van der Waals surface area contributed by atoms with Gasteiger partial charge < -0.3 is 14.6 Å². The number of rotatable bonds is 21. The average molecular weight is 436 g/mol. The zero-order valence-corrected chi connectivity index (χ0v) is 20.0. The van der Waals surface area contributed by atoms with Gasteiger partial charge in [0.1, 0.15) is 6.29 Å². The molecule has 2 N–H and O–H groups in total. The second-order valence-corrected chi connectivity index (χ2v) is 10.6. The van der Waals surface area contributed by atoms with Crippen LogP contribution in [0.3, 0.4) is 0 Å². The summed E-state index contributed by atoms with van der Waals surface area (Å²) in [6.45, 7) is 4.72. The van der Waals surface area contributed by atoms with E-state index in [1.807, 2.05) is 0 Å². The van der Waals surface area contributed by atoms with Crippen molar-refractivity contribution in [2.45, 2.75) is 96.4 Å². The second kappa shape index (κ2) is 17.2. The number of nitrogens with zero attached hydrogens (tertiary/aromatic N) is 1. The molecule has 0 rings (SSSR count). The fourth-order valence-corrected chi connectivity index (χ4v) is 4.14. The summed E-state index contributed by atoms with van der Waals surface area (Å²) in [7, 11) is 0.229. The second-order valence-electron chi connectivity index (χ2n) is 9.04. The summed E-state index contributed by atoms with van der Waals surface area (Å²) >= 11 is 0. The van der Waals surface area contributed by atoms with Gasteiger partial charge in [0.25, 0.3) is 10.1 Å². The van der Waals surface area contributed by atoms with Crippen LogP contribution in [0.15, 0.2) is 0 Å². The summed E-state index contributed by atoms with van der Waals surface area (Å²) in [6, 6.07) is -0.0913. The lowest BCUT2D eigenvalue weighted by atomic mass is 10.1. The average Bonchev–Trinajstić information content (AvgIpc) is 2.63. The van der Waals surface area contributed by atoms with Crippen molar-refractivity contribution >= 4 is 16.4 Å². The third-order valence-corrected chi connectivity index (χ3v) is 6.35. The van der Waals surface area contributed by atoms with Crippen LogP contribution >= 0.6 is 0 Å². The zero-order chi connectivity index (χ0) is 22.0. The van der Waals surface area contributed by atoms with E-state index in [4.69, 9.17) is 4.55 Å². The summed E-state index contributed by atoms with van der Waals surface area (Å²) in [5.41, 5.74) is 0. The summed E-state index contributed by atoms with van der Waals surface area (Å²) in [5, 5.41) is 3.36. The first-order chi connectivity index (χ1) is 13.7. The molecule has 29 heavy (non-hydrogen) atoms. The molecule has 6 nitrogen and oxygen atoms in total. The molecule has 0 saturated heterocycles. The number of carbonyl (C=O) groups is 1. The van der Waals surface area contributed by atoms with Gasteiger partial charge in [0.15, 0.2) is 0 Å². The zero-order valence-electron chi connectivity index (χ0n) is 19.2. The molecule has 0 spiro atoms. The maximum atomic E-state index is 11.3. The lowest BCUT2D eigenvalue weighted by molar-refractivity contribution is -0.890. The Labute approximate surface area is 180 Å². The van der Waals surface area contributed by atoms with Crippen molar-refractivity contribution in [1.82, 2.24) is 5.32 Å². The molecule has 0 radical (unpaired) electrons. The Kier molecular flexibility index (Phi) is 16.9. The van der Waals surface area contributed by atoms with Crippen LogP contribution in [0.2, 0.25) is 0 Å². The SMILES string of the molecule is CCCCCCCCCCCCNC(C=O)CCC[N+](C)(C)CCCS(=O)(=O)O. The van der Waals surface area contributed by atoms with Gasteiger partial charge in [-0.25, -0.2) is 0 Å². The highest BCUT2D eigenvalue weighted by molar-refractivity contribution is 7.85. The van der Waals surface area contributed by atoms with Crippen molar-refractivity contribution in [3.8, 4) is 0 Å². The minimum absolute atomic E-state index is 0.0913. The van der Waals surface area contributed by atoms with Gasteiger partial charge in [-0.2, -0.15) is 8.42 Å². The highest BCUT2D eigenvalue weighted by atomic mass is 32.2. The number of quaternary nitrogens is 1. The standard InChI is InChI=1S/C22H46N2O4S/c1-4-5-6-7-8-9-10-11-12-13-17-23-22(21-25)16-14-18-24(2,3)19-15-20-29(26,27)28/h21-23H,4-20H2,1-3H3/p+1. The summed E-state index contributed by atoms with van der Waals surface area (Å²) in [6.07, 6.45) is 16.3. The maximum absolute atomic E-state index is 11.3. The fourth-order valence-electron chi connectivity index (χ4n) is 3.64. The lowest BCUT2D eigenvalue weighted by Gasteiger charge is -2.30. The van der Waals surface area contributed by atoms with Crippen molar-refractivity contribution in [3.05, 3.63) is 0 Å². The predicted octanol–water partition coefficient (Wildman–Crippen LogP) is 4.20. The van der Waals surface area contributed by atoms with Gasteiger partial charge in [-0.3, -0.25) is 4.55 Å². The lowest BCUT2D eigenvalue weighted by Crippen LogP contribution is -2.42. The minimum atomic E-state index is -3.88. The number of hydrogen-bond donors (Lipinski definition) is 2. The van der Waals surface area contributed by atoms with Gasteiger partial charge in [-0.15, -0.1) is 0 Å². The Bertz CT molecular complexity index is 495. The number of carbonyl (C=O) groups excluding carboxylic acids is 1. The first-order valence-corrected chi connectivity index (χ1v) is 13.3. The first-order valence-electron chi connectivity index (χ1n) is 11.7. The third kappa shape index (κ3) is 20.5. The van der Waals surface area contributed by atoms with Crippen LogP contribution < -0.4 is 5.32 Å². The Balaban J connectivity index is 3.67. The van der Waals surface area contributed by atoms with Gasteiger partial charge in [0.2, 0.25) is 0 Å². The van der Waals surface area contributed by atoms with Crippen LogP contribution in [0.5, 0.6) is 0 Å². The Morgan fingerprint density at radius 1 is 0.862 bits per heavy atom. The summed E-state index contributed by atoms with van der Waals surface area (Å²) in [5.74, 6) is -0.188. The van der Waals surface area contributed by atoms with Gasteiger partial charge in [0.05, 0.1) is 39.0 Å². The highest BCUT2D eigenvalue weighted by Crippen LogP contribution is 2.10. The van der Waals surface area contributed by atoms with E-state index in [1.165, 1.54) is 57.8 Å². The molecule has 0 aliphatic heterocycles. The maximum Gasteiger partial charge on any atom is 0.265 e. The van der Waals surface area contributed by atoms with Gasteiger partial charge in [0, 0.05) is 6.42 Å². The van der Waals surface area contributed by atoms with Crippen LogP contribution in [0.1, 0.15) is 90.4 Å². The summed E-state index contributed by atoms with van der Waals surface area (Å²) < 4.78 is 31.1. The molecule has 7 heteroatoms. The monoisotopic (exact) mass is 435 g/mol. The summed E-state index contributed by atoms with van der Waals surface area (Å²) in [4.78, 5) is 11.3. The quantitative estimate of drug-likeness (QED) is 0.122. The van der Waals surface area contributed by atoms with E-state index >= 15 is 0 Å². The fraction of sp³-hybridized carbons (Fsp3) is 0.955. The molecule has 0 heterocycles. The molecular weight excluding hydrogens is 388 g/mol. The van der Waals surface area contributed by atoms with Crippen molar-refractivity contribution in [2.24, 2.45) is 0 Å². The molecule has 0 aromatic heterocycles. The molecule has 0 aliphatic carbocycles. The van der Waals surface area contributed by atoms with E-state index in [0.29, 0.717) is 17.4 Å². The van der Waals surface area contributed by atoms with E-state index in [-0.39, 0.29) is 11.8 Å². The molecule has 0 aromatic carbocycles. The molecule has 0 fully saturated rings. The smallest absolute Gasteiger partial charge is 0.265 e. The van der Waals surface area contributed by atoms with Gasteiger partial charge in [-0.05, 0) is 25.8 Å². The van der Waals surface area contributed by atoms with Crippen molar-refractivity contribution in [2.75, 3.05) is 39.5 Å². The Morgan fingerprint density at radius 2 is 1.38 bits per heavy atom. The predicted molar refractivity (Wildman–Crippen MR) is 122 cm³/mol. The van der Waals surface area contributed by atoms with Crippen LogP contribution in [0.4, 0.5) is 0 Å². The topological polar surface area (TPSA) is 83.5 Å². The third-order valence-electron chi connectivity index (χ3n) is 5.55. The molecule has 174 valence electrons. The highest BCUT2D eigenvalue weighted by Gasteiger charge is 2.17. The molecule has 0 saturated carbocycles. The molecular formula is C22H47N2O4S+.